The van der Waals surface area contributed by atoms with Crippen molar-refractivity contribution in [2.45, 2.75) is 18.5 Å². The van der Waals surface area contributed by atoms with Gasteiger partial charge in [-0.15, -0.1) is 0 Å². The maximum Gasteiger partial charge on any atom is 0.141 e. The Hall–Kier alpha value is -1.53. The number of hydrogen-bond acceptors (Lipinski definition) is 7. The maximum absolute atomic E-state index is 10.0. The molecule has 0 heterocycles. The van der Waals surface area contributed by atoms with Gasteiger partial charge in [0.2, 0.25) is 0 Å². The molecular weight excluding hydrogens is 166 g/mol. The van der Waals surface area contributed by atoms with E-state index in [2.05, 4.69) is 15.5 Å². The van der Waals surface area contributed by atoms with Gasteiger partial charge in [-0.1, -0.05) is 15.5 Å². The molecule has 0 unspecified atom stereocenters. The van der Waals surface area contributed by atoms with Gasteiger partial charge >= 0.3 is 0 Å². The molecule has 66 valence electrons. The molecule has 0 fully saturated rings. The zero-order chi connectivity index (χ0) is 9.40. The van der Waals surface area contributed by atoms with E-state index in [0.717, 1.165) is 0 Å². The van der Waals surface area contributed by atoms with E-state index in [9.17, 15) is 19.5 Å². The van der Waals surface area contributed by atoms with E-state index < -0.39 is 18.6 Å². The van der Waals surface area contributed by atoms with Gasteiger partial charge in [-0.3, -0.25) is 0 Å². The second-order valence-electron chi connectivity index (χ2n) is 2.06. The Labute approximate surface area is 67.4 Å². The van der Waals surface area contributed by atoms with E-state index in [1.807, 2.05) is 0 Å². The molecule has 0 aromatic rings. The molecule has 0 aromatic heterocycles. The first-order chi connectivity index (χ1) is 5.79. The first kappa shape index (κ1) is 10.5. The molecule has 0 saturated heterocycles. The molecule has 0 spiro atoms. The fraction of sp³-hybridized carbons (Fsp3) is 0.800. The summed E-state index contributed by atoms with van der Waals surface area (Å²) in [5, 5.41) is 7.36. The van der Waals surface area contributed by atoms with Crippen LogP contribution in [-0.2, 0) is 4.79 Å². The molecule has 0 saturated carbocycles. The number of rotatable bonds is 7. The molecule has 0 bridgehead atoms. The minimum atomic E-state index is -1.12. The summed E-state index contributed by atoms with van der Waals surface area (Å²) in [4.78, 5) is 39.7. The van der Waals surface area contributed by atoms with Crippen molar-refractivity contribution in [3.8, 4) is 0 Å². The quantitative estimate of drug-likeness (QED) is 0.415. The minimum absolute atomic E-state index is 0.213. The second kappa shape index (κ2) is 6.20. The van der Waals surface area contributed by atoms with Crippen LogP contribution in [0.2, 0.25) is 0 Å². The van der Waals surface area contributed by atoms with Crippen LogP contribution in [0.3, 0.4) is 0 Å². The van der Waals surface area contributed by atoms with Gasteiger partial charge in [0.15, 0.2) is 0 Å². The summed E-state index contributed by atoms with van der Waals surface area (Å²) in [6.07, 6.45) is 0.227. The lowest BCUT2D eigenvalue weighted by molar-refractivity contribution is -0.108. The van der Waals surface area contributed by atoms with Crippen LogP contribution >= 0.6 is 0 Å². The van der Waals surface area contributed by atoms with Crippen molar-refractivity contribution in [3.05, 3.63) is 14.7 Å². The van der Waals surface area contributed by atoms with E-state index in [0.29, 0.717) is 6.29 Å². The lowest BCUT2D eigenvalue weighted by Crippen LogP contribution is -2.25. The van der Waals surface area contributed by atoms with Crippen LogP contribution in [0.1, 0.15) is 6.42 Å². The third-order valence-electron chi connectivity index (χ3n) is 1.31. The summed E-state index contributed by atoms with van der Waals surface area (Å²) in [7, 11) is 0. The smallest absolute Gasteiger partial charge is 0.141 e. The molecular formula is C5H7N3O4. The van der Waals surface area contributed by atoms with Crippen LogP contribution in [0.5, 0.6) is 0 Å². The van der Waals surface area contributed by atoms with E-state index in [4.69, 9.17) is 0 Å². The molecule has 0 aliphatic carbocycles. The standard InChI is InChI=1S/C5H7N3O4/c9-2-1-4(7-11)5(8-12)3-6-10/h2,4-5H,1,3H2/t4-,5-/m1/s1. The fourth-order valence-corrected chi connectivity index (χ4v) is 0.671. The van der Waals surface area contributed by atoms with Crippen molar-refractivity contribution >= 4 is 6.29 Å². The van der Waals surface area contributed by atoms with Crippen LogP contribution in [0.25, 0.3) is 0 Å². The monoisotopic (exact) mass is 173 g/mol. The molecule has 0 aliphatic heterocycles. The molecule has 0 radical (unpaired) electrons. The summed E-state index contributed by atoms with van der Waals surface area (Å²) >= 11 is 0. The van der Waals surface area contributed by atoms with Gasteiger partial charge in [-0.05, 0) is 0 Å². The average Bonchev–Trinajstić information content (AvgIpc) is 2.11. The van der Waals surface area contributed by atoms with Gasteiger partial charge in [0.1, 0.15) is 24.9 Å². The van der Waals surface area contributed by atoms with Gasteiger partial charge in [-0.25, -0.2) is 0 Å². The summed E-state index contributed by atoms with van der Waals surface area (Å²) < 4.78 is 0. The Morgan fingerprint density at radius 2 is 1.67 bits per heavy atom. The van der Waals surface area contributed by atoms with Crippen LogP contribution in [0.4, 0.5) is 0 Å². The van der Waals surface area contributed by atoms with Crippen LogP contribution in [0.15, 0.2) is 15.5 Å². The number of nitroso groups, excluding NO2 is 3. The summed E-state index contributed by atoms with van der Waals surface area (Å²) in [6.45, 7) is -0.423. The van der Waals surface area contributed by atoms with Gasteiger partial charge < -0.3 is 4.79 Å². The zero-order valence-electron chi connectivity index (χ0n) is 6.12. The summed E-state index contributed by atoms with van der Waals surface area (Å²) in [5.74, 6) is 0. The minimum Gasteiger partial charge on any atom is -0.303 e. The highest BCUT2D eigenvalue weighted by atomic mass is 16.3. The van der Waals surface area contributed by atoms with E-state index in [1.54, 1.807) is 0 Å². The molecule has 7 nitrogen and oxygen atoms in total. The molecule has 0 aliphatic rings. The third-order valence-corrected chi connectivity index (χ3v) is 1.31. The van der Waals surface area contributed by atoms with E-state index in [1.165, 1.54) is 0 Å². The number of carbonyl (C=O) groups excluding carboxylic acids is 1. The first-order valence-electron chi connectivity index (χ1n) is 3.17. The number of carbonyl (C=O) groups is 1. The Morgan fingerprint density at radius 1 is 1.08 bits per heavy atom. The highest BCUT2D eigenvalue weighted by Crippen LogP contribution is 2.07. The molecule has 7 heteroatoms. The SMILES string of the molecule is O=CC[C@@H](N=O)[C@@H](CN=O)N=O. The van der Waals surface area contributed by atoms with Gasteiger partial charge in [0.05, 0.1) is 0 Å². The van der Waals surface area contributed by atoms with Crippen LogP contribution < -0.4 is 0 Å². The van der Waals surface area contributed by atoms with Crippen molar-refractivity contribution in [3.63, 3.8) is 0 Å². The van der Waals surface area contributed by atoms with Crippen molar-refractivity contribution in [1.29, 1.82) is 0 Å². The van der Waals surface area contributed by atoms with Crippen molar-refractivity contribution in [2.24, 2.45) is 15.5 Å². The molecule has 0 rings (SSSR count). The number of nitrogens with zero attached hydrogens (tertiary/aromatic N) is 3. The van der Waals surface area contributed by atoms with Gasteiger partial charge in [0.25, 0.3) is 0 Å². The van der Waals surface area contributed by atoms with Gasteiger partial charge in [-0.2, -0.15) is 14.7 Å². The molecule has 0 N–H and O–H groups in total. The van der Waals surface area contributed by atoms with E-state index in [-0.39, 0.29) is 6.42 Å². The van der Waals surface area contributed by atoms with Crippen molar-refractivity contribution in [2.75, 3.05) is 6.54 Å². The molecule has 2 atom stereocenters. The summed E-state index contributed by atoms with van der Waals surface area (Å²) in [5.41, 5.74) is 0. The van der Waals surface area contributed by atoms with Crippen LogP contribution in [0, 0.1) is 14.7 Å². The summed E-state index contributed by atoms with van der Waals surface area (Å²) in [6, 6.07) is -2.19. The average molecular weight is 173 g/mol. The third kappa shape index (κ3) is 3.04. The van der Waals surface area contributed by atoms with Crippen molar-refractivity contribution in [1.82, 2.24) is 0 Å². The molecule has 0 aromatic carbocycles. The predicted molar refractivity (Wildman–Crippen MR) is 40.5 cm³/mol. The largest absolute Gasteiger partial charge is 0.303 e. The lowest BCUT2D eigenvalue weighted by Gasteiger charge is -2.07. The Balaban J connectivity index is 4.19. The van der Waals surface area contributed by atoms with Crippen LogP contribution in [-0.4, -0.2) is 24.9 Å². The highest BCUT2D eigenvalue weighted by Gasteiger charge is 2.23. The predicted octanol–water partition coefficient (Wildman–Crippen LogP) is 0.612. The topological polar surface area (TPSA) is 105 Å². The molecule has 0 amide bonds. The Morgan fingerprint density at radius 3 is 2.00 bits per heavy atom. The fourth-order valence-electron chi connectivity index (χ4n) is 0.671. The maximum atomic E-state index is 10.0. The van der Waals surface area contributed by atoms with E-state index >= 15 is 0 Å². The number of aldehydes is 1. The second-order valence-corrected chi connectivity index (χ2v) is 2.06. The van der Waals surface area contributed by atoms with Gasteiger partial charge in [0, 0.05) is 6.42 Å². The normalized spacial score (nSPS) is 14.3. The Kier molecular flexibility index (Phi) is 5.41. The Bertz CT molecular complexity index is 164. The highest BCUT2D eigenvalue weighted by molar-refractivity contribution is 5.50. The first-order valence-corrected chi connectivity index (χ1v) is 3.17. The van der Waals surface area contributed by atoms with Crippen molar-refractivity contribution < 1.29 is 4.79 Å². The number of hydrogen-bond donors (Lipinski definition) is 0. The molecule has 12 heavy (non-hydrogen) atoms. The zero-order valence-corrected chi connectivity index (χ0v) is 6.12. The lowest BCUT2D eigenvalue weighted by atomic mass is 10.1.